The van der Waals surface area contributed by atoms with Crippen molar-refractivity contribution in [1.82, 2.24) is 9.80 Å². The van der Waals surface area contributed by atoms with Crippen molar-refractivity contribution in [3.8, 4) is 0 Å². The van der Waals surface area contributed by atoms with E-state index < -0.39 is 0 Å². The average Bonchev–Trinajstić information content (AvgIpc) is 2.31. The molecule has 1 aliphatic rings. The molecule has 3 nitrogen and oxygen atoms in total. The summed E-state index contributed by atoms with van der Waals surface area (Å²) < 4.78 is 0. The smallest absolute Gasteiger partial charge is 0.195 e. The molecule has 0 aromatic rings. The first-order valence-electron chi connectivity index (χ1n) is 5.14. The predicted molar refractivity (Wildman–Crippen MR) is 59.2 cm³/mol. The lowest BCUT2D eigenvalue weighted by atomic mass is 10.3. The Bertz CT molecular complexity index is 140. The van der Waals surface area contributed by atoms with Gasteiger partial charge in [0, 0.05) is 34.2 Å². The zero-order valence-electron chi connectivity index (χ0n) is 9.67. The molecule has 1 rings (SSSR count). The first kappa shape index (κ1) is 12.3. The van der Waals surface area contributed by atoms with Crippen molar-refractivity contribution in [1.29, 1.82) is 0 Å². The Morgan fingerprint density at radius 3 is 1.69 bits per heavy atom. The summed E-state index contributed by atoms with van der Waals surface area (Å²) in [5, 5.41) is 0. The Labute approximate surface area is 82.4 Å². The second-order valence-corrected chi connectivity index (χ2v) is 3.07. The van der Waals surface area contributed by atoms with Crippen LogP contribution in [0.15, 0.2) is 4.99 Å². The number of guanidine groups is 1. The highest BCUT2D eigenvalue weighted by Crippen LogP contribution is 2.04. The zero-order valence-corrected chi connectivity index (χ0v) is 9.67. The third-order valence-electron chi connectivity index (χ3n) is 2.12. The maximum absolute atomic E-state index is 4.24. The van der Waals surface area contributed by atoms with Gasteiger partial charge in [-0.25, -0.2) is 0 Å². The summed E-state index contributed by atoms with van der Waals surface area (Å²) in [6.45, 7) is 6.27. The van der Waals surface area contributed by atoms with E-state index in [0.717, 1.165) is 19.0 Å². The van der Waals surface area contributed by atoms with E-state index in [1.807, 2.05) is 20.9 Å². The molecule has 0 aromatic carbocycles. The van der Waals surface area contributed by atoms with Crippen LogP contribution in [0.5, 0.6) is 0 Å². The van der Waals surface area contributed by atoms with E-state index in [1.165, 1.54) is 12.8 Å². The summed E-state index contributed by atoms with van der Waals surface area (Å²) in [7, 11) is 6.06. The summed E-state index contributed by atoms with van der Waals surface area (Å²) >= 11 is 0. The molecule has 13 heavy (non-hydrogen) atoms. The fourth-order valence-electron chi connectivity index (χ4n) is 1.53. The van der Waals surface area contributed by atoms with Gasteiger partial charge in [0.25, 0.3) is 0 Å². The monoisotopic (exact) mass is 185 g/mol. The number of rotatable bonds is 0. The van der Waals surface area contributed by atoms with Gasteiger partial charge in [-0.2, -0.15) is 0 Å². The Balaban J connectivity index is 0.000000671. The molecule has 3 heteroatoms. The van der Waals surface area contributed by atoms with Crippen LogP contribution in [0.25, 0.3) is 0 Å². The van der Waals surface area contributed by atoms with Gasteiger partial charge in [-0.1, -0.05) is 13.8 Å². The normalized spacial score (nSPS) is 17.5. The van der Waals surface area contributed by atoms with Crippen LogP contribution in [-0.4, -0.2) is 50.0 Å². The second-order valence-electron chi connectivity index (χ2n) is 3.07. The number of hydrogen-bond donors (Lipinski definition) is 0. The maximum Gasteiger partial charge on any atom is 0.195 e. The Hall–Kier alpha value is -0.730. The van der Waals surface area contributed by atoms with Crippen molar-refractivity contribution in [2.75, 3.05) is 34.2 Å². The molecule has 0 amide bonds. The molecule has 1 aliphatic heterocycles. The van der Waals surface area contributed by atoms with E-state index in [-0.39, 0.29) is 0 Å². The van der Waals surface area contributed by atoms with Crippen molar-refractivity contribution >= 4 is 5.96 Å². The predicted octanol–water partition coefficient (Wildman–Crippen LogP) is 1.66. The molecule has 0 N–H and O–H groups in total. The SMILES string of the molecule is CC.CN=C1N(C)CCCCN1C. The van der Waals surface area contributed by atoms with Crippen molar-refractivity contribution in [3.63, 3.8) is 0 Å². The van der Waals surface area contributed by atoms with Crippen LogP contribution < -0.4 is 0 Å². The van der Waals surface area contributed by atoms with Gasteiger partial charge in [0.2, 0.25) is 0 Å². The van der Waals surface area contributed by atoms with Gasteiger partial charge in [-0.15, -0.1) is 0 Å². The standard InChI is InChI=1S/C8H17N3.C2H6/c1-9-8-10(2)6-4-5-7-11(8)3;1-2/h4-7H2,1-3H3;1-2H3. The minimum atomic E-state index is 1.11. The highest BCUT2D eigenvalue weighted by molar-refractivity contribution is 5.79. The molecule has 1 fully saturated rings. The molecule has 0 radical (unpaired) electrons. The minimum Gasteiger partial charge on any atom is -0.346 e. The van der Waals surface area contributed by atoms with E-state index in [4.69, 9.17) is 0 Å². The topological polar surface area (TPSA) is 18.8 Å². The van der Waals surface area contributed by atoms with Crippen LogP contribution in [0.3, 0.4) is 0 Å². The molecule has 1 heterocycles. The van der Waals surface area contributed by atoms with Gasteiger partial charge in [0.15, 0.2) is 5.96 Å². The van der Waals surface area contributed by atoms with E-state index >= 15 is 0 Å². The average molecular weight is 185 g/mol. The van der Waals surface area contributed by atoms with Gasteiger partial charge in [-0.3, -0.25) is 4.99 Å². The number of hydrogen-bond acceptors (Lipinski definition) is 1. The molecule has 78 valence electrons. The lowest BCUT2D eigenvalue weighted by Gasteiger charge is -2.24. The van der Waals surface area contributed by atoms with Crippen molar-refractivity contribution in [2.45, 2.75) is 26.7 Å². The summed E-state index contributed by atoms with van der Waals surface area (Å²) in [6.07, 6.45) is 2.56. The Morgan fingerprint density at radius 2 is 1.38 bits per heavy atom. The molecule has 0 bridgehead atoms. The number of aliphatic imine (C=N–C) groups is 1. The van der Waals surface area contributed by atoms with Crippen LogP contribution >= 0.6 is 0 Å². The molecule has 0 saturated carbocycles. The highest BCUT2D eigenvalue weighted by Gasteiger charge is 2.13. The zero-order chi connectivity index (χ0) is 10.3. The summed E-state index contributed by atoms with van der Waals surface area (Å²) in [4.78, 5) is 8.67. The quantitative estimate of drug-likeness (QED) is 0.571. The summed E-state index contributed by atoms with van der Waals surface area (Å²) in [5.41, 5.74) is 0. The van der Waals surface area contributed by atoms with Gasteiger partial charge in [-0.05, 0) is 12.8 Å². The fourth-order valence-corrected chi connectivity index (χ4v) is 1.53. The molecule has 0 aliphatic carbocycles. The van der Waals surface area contributed by atoms with E-state index in [2.05, 4.69) is 28.9 Å². The van der Waals surface area contributed by atoms with Gasteiger partial charge in [0.1, 0.15) is 0 Å². The van der Waals surface area contributed by atoms with Crippen LogP contribution in [0.2, 0.25) is 0 Å². The first-order chi connectivity index (χ1) is 6.25. The molecular weight excluding hydrogens is 162 g/mol. The minimum absolute atomic E-state index is 1.11. The van der Waals surface area contributed by atoms with Crippen molar-refractivity contribution in [2.24, 2.45) is 4.99 Å². The Morgan fingerprint density at radius 1 is 1.00 bits per heavy atom. The number of nitrogens with zero attached hydrogens (tertiary/aromatic N) is 3. The lowest BCUT2D eigenvalue weighted by molar-refractivity contribution is 0.436. The molecule has 1 saturated heterocycles. The molecule has 0 spiro atoms. The highest BCUT2D eigenvalue weighted by atomic mass is 15.4. The molecular formula is C10H23N3. The summed E-state index contributed by atoms with van der Waals surface area (Å²) in [5.74, 6) is 1.11. The molecule has 0 unspecified atom stereocenters. The fraction of sp³-hybridized carbons (Fsp3) is 0.900. The third kappa shape index (κ3) is 3.66. The Kier molecular flexibility index (Phi) is 6.37. The van der Waals surface area contributed by atoms with Crippen LogP contribution in [0, 0.1) is 0 Å². The van der Waals surface area contributed by atoms with E-state index in [0.29, 0.717) is 0 Å². The lowest BCUT2D eigenvalue weighted by Crippen LogP contribution is -2.38. The molecule has 0 atom stereocenters. The largest absolute Gasteiger partial charge is 0.346 e. The third-order valence-corrected chi connectivity index (χ3v) is 2.12. The van der Waals surface area contributed by atoms with Crippen LogP contribution in [0.4, 0.5) is 0 Å². The van der Waals surface area contributed by atoms with Gasteiger partial charge in [0.05, 0.1) is 0 Å². The molecule has 0 aromatic heterocycles. The first-order valence-corrected chi connectivity index (χ1v) is 5.14. The van der Waals surface area contributed by atoms with Crippen molar-refractivity contribution < 1.29 is 0 Å². The van der Waals surface area contributed by atoms with E-state index in [1.54, 1.807) is 0 Å². The van der Waals surface area contributed by atoms with Crippen molar-refractivity contribution in [3.05, 3.63) is 0 Å². The van der Waals surface area contributed by atoms with Gasteiger partial charge >= 0.3 is 0 Å². The van der Waals surface area contributed by atoms with Crippen LogP contribution in [0.1, 0.15) is 26.7 Å². The van der Waals surface area contributed by atoms with E-state index in [9.17, 15) is 0 Å². The maximum atomic E-state index is 4.24. The van der Waals surface area contributed by atoms with Gasteiger partial charge < -0.3 is 9.80 Å². The second kappa shape index (κ2) is 6.75. The van der Waals surface area contributed by atoms with Crippen LogP contribution in [-0.2, 0) is 0 Å². The summed E-state index contributed by atoms with van der Waals surface area (Å²) in [6, 6.07) is 0.